The molecule has 0 saturated heterocycles. The minimum Gasteiger partial charge on any atom is -0.507 e. The van der Waals surface area contributed by atoms with Crippen LogP contribution in [0.2, 0.25) is 0 Å². The Morgan fingerprint density at radius 1 is 0.837 bits per heavy atom. The van der Waals surface area contributed by atoms with Gasteiger partial charge in [-0.1, -0.05) is 93.4 Å². The average Bonchev–Trinajstić information content (AvgIpc) is 3.34. The quantitative estimate of drug-likeness (QED) is 0.132. The molecule has 0 fully saturated rings. The van der Waals surface area contributed by atoms with Gasteiger partial charge in [-0.05, 0) is 105 Å². The highest BCUT2D eigenvalue weighted by Crippen LogP contribution is 2.60. The van der Waals surface area contributed by atoms with Crippen LogP contribution in [0.1, 0.15) is 67.0 Å². The van der Waals surface area contributed by atoms with Crippen LogP contribution in [0.4, 0.5) is 0 Å². The molecule has 1 atom stereocenters. The molecule has 1 heterocycles. The van der Waals surface area contributed by atoms with Crippen molar-refractivity contribution in [2.45, 2.75) is 51.6 Å². The SMILES string of the molecule is CCCCOc1ccc(C2(c3ccc(OC)cc3)C=Cc3c4c(c5cc(Br)c6c(O)cccc6c5c3O2)-c2ccc(C)cc2C4(C)C)cc1. The zero-order valence-corrected chi connectivity index (χ0v) is 30.1. The van der Waals surface area contributed by atoms with Gasteiger partial charge >= 0.3 is 0 Å². The maximum absolute atomic E-state index is 11.2. The molecule has 1 aliphatic carbocycles. The molecular formula is C44H39BrO4. The fourth-order valence-corrected chi connectivity index (χ4v) is 8.59. The van der Waals surface area contributed by atoms with Crippen LogP contribution in [0.15, 0.2) is 102 Å². The Bertz CT molecular complexity index is 2300. The molecule has 1 N–H and O–H groups in total. The maximum atomic E-state index is 11.2. The summed E-state index contributed by atoms with van der Waals surface area (Å²) in [5.74, 6) is 2.65. The van der Waals surface area contributed by atoms with E-state index in [0.717, 1.165) is 72.8 Å². The van der Waals surface area contributed by atoms with E-state index in [-0.39, 0.29) is 11.2 Å². The Balaban J connectivity index is 1.45. The van der Waals surface area contributed by atoms with Gasteiger partial charge in [0, 0.05) is 37.4 Å². The highest BCUT2D eigenvalue weighted by Gasteiger charge is 2.44. The summed E-state index contributed by atoms with van der Waals surface area (Å²) in [4.78, 5) is 0. The molecule has 6 aromatic carbocycles. The molecule has 0 radical (unpaired) electrons. The molecule has 1 aliphatic heterocycles. The number of unbranched alkanes of at least 4 members (excludes halogenated alkanes) is 1. The molecule has 2 aliphatic rings. The lowest BCUT2D eigenvalue weighted by atomic mass is 9.76. The fourth-order valence-electron chi connectivity index (χ4n) is 7.94. The molecule has 49 heavy (non-hydrogen) atoms. The minimum atomic E-state index is -0.954. The van der Waals surface area contributed by atoms with Gasteiger partial charge in [-0.3, -0.25) is 0 Å². The third-order valence-corrected chi connectivity index (χ3v) is 11.0. The van der Waals surface area contributed by atoms with Crippen LogP contribution in [0.5, 0.6) is 23.0 Å². The molecule has 4 nitrogen and oxygen atoms in total. The van der Waals surface area contributed by atoms with Crippen LogP contribution >= 0.6 is 15.9 Å². The molecule has 8 rings (SSSR count). The number of benzene rings is 6. The van der Waals surface area contributed by atoms with Crippen molar-refractivity contribution in [2.24, 2.45) is 0 Å². The second kappa shape index (κ2) is 11.7. The highest BCUT2D eigenvalue weighted by atomic mass is 79.9. The Morgan fingerprint density at radius 3 is 2.24 bits per heavy atom. The molecular weight excluding hydrogens is 672 g/mol. The summed E-state index contributed by atoms with van der Waals surface area (Å²) in [5.41, 5.74) is 8.06. The van der Waals surface area contributed by atoms with Gasteiger partial charge in [-0.15, -0.1) is 0 Å². The van der Waals surface area contributed by atoms with E-state index in [1.807, 2.05) is 30.3 Å². The standard InChI is InChI=1S/C44H39BrO4/c1-6-7-23-48-30-18-14-28(15-19-30)44(27-12-16-29(47-5)17-13-27)22-21-33-41-38(31-20-11-26(2)24-35(31)43(41,3)4)34-25-36(45)40-32(9-8-10-37(40)46)39(34)42(33)49-44/h8-22,24-25,46H,6-7,23H2,1-5H3. The third-order valence-electron chi connectivity index (χ3n) is 10.4. The molecule has 5 heteroatoms. The van der Waals surface area contributed by atoms with Crippen LogP contribution < -0.4 is 14.2 Å². The first kappa shape index (κ1) is 31.5. The first-order chi connectivity index (χ1) is 23.7. The van der Waals surface area contributed by atoms with Crippen LogP contribution in [-0.4, -0.2) is 18.8 Å². The van der Waals surface area contributed by atoms with Gasteiger partial charge in [0.1, 0.15) is 23.0 Å². The monoisotopic (exact) mass is 710 g/mol. The molecule has 0 spiro atoms. The lowest BCUT2D eigenvalue weighted by molar-refractivity contribution is 0.163. The van der Waals surface area contributed by atoms with Crippen molar-refractivity contribution < 1.29 is 19.3 Å². The largest absolute Gasteiger partial charge is 0.507 e. The second-order valence-corrected chi connectivity index (χ2v) is 14.6. The number of halogens is 1. The van der Waals surface area contributed by atoms with E-state index in [0.29, 0.717) is 6.61 Å². The highest BCUT2D eigenvalue weighted by molar-refractivity contribution is 9.10. The fraction of sp³-hybridized carbons (Fsp3) is 0.227. The van der Waals surface area contributed by atoms with E-state index in [2.05, 4.69) is 110 Å². The van der Waals surface area contributed by atoms with Gasteiger partial charge in [0.05, 0.1) is 13.7 Å². The summed E-state index contributed by atoms with van der Waals surface area (Å²) < 4.78 is 20.0. The molecule has 0 saturated carbocycles. The Morgan fingerprint density at radius 2 is 1.55 bits per heavy atom. The zero-order chi connectivity index (χ0) is 34.1. The predicted octanol–water partition coefficient (Wildman–Crippen LogP) is 11.6. The summed E-state index contributed by atoms with van der Waals surface area (Å²) in [6.07, 6.45) is 6.57. The number of phenolic OH excluding ortho intramolecular Hbond substituents is 1. The minimum absolute atomic E-state index is 0.225. The first-order valence-electron chi connectivity index (χ1n) is 17.0. The number of phenols is 1. The summed E-state index contributed by atoms with van der Waals surface area (Å²) >= 11 is 3.85. The van der Waals surface area contributed by atoms with Crippen molar-refractivity contribution in [2.75, 3.05) is 13.7 Å². The van der Waals surface area contributed by atoms with E-state index >= 15 is 0 Å². The van der Waals surface area contributed by atoms with Crippen molar-refractivity contribution in [1.82, 2.24) is 0 Å². The molecule has 0 amide bonds. The first-order valence-corrected chi connectivity index (χ1v) is 17.8. The number of ether oxygens (including phenoxy) is 3. The molecule has 1 unspecified atom stereocenters. The Labute approximate surface area is 296 Å². The molecule has 0 aromatic heterocycles. The lowest BCUT2D eigenvalue weighted by Gasteiger charge is -2.38. The Hall–Kier alpha value is -4.74. The van der Waals surface area contributed by atoms with Gasteiger partial charge < -0.3 is 19.3 Å². The van der Waals surface area contributed by atoms with Crippen LogP contribution in [-0.2, 0) is 11.0 Å². The average molecular weight is 712 g/mol. The number of aryl methyl sites for hydroxylation is 1. The summed E-state index contributed by atoms with van der Waals surface area (Å²) in [6.45, 7) is 9.65. The molecule has 0 bridgehead atoms. The van der Waals surface area contributed by atoms with Gasteiger partial charge in [0.15, 0.2) is 5.60 Å². The maximum Gasteiger partial charge on any atom is 0.178 e. The van der Waals surface area contributed by atoms with Gasteiger partial charge in [-0.25, -0.2) is 0 Å². The van der Waals surface area contributed by atoms with Gasteiger partial charge in [0.25, 0.3) is 0 Å². The van der Waals surface area contributed by atoms with Gasteiger partial charge in [-0.2, -0.15) is 0 Å². The van der Waals surface area contributed by atoms with Crippen molar-refractivity contribution in [1.29, 1.82) is 0 Å². The van der Waals surface area contributed by atoms with E-state index in [4.69, 9.17) is 14.2 Å². The summed E-state index contributed by atoms with van der Waals surface area (Å²) in [6, 6.07) is 31.1. The van der Waals surface area contributed by atoms with E-state index in [1.54, 1.807) is 13.2 Å². The van der Waals surface area contributed by atoms with E-state index in [1.165, 1.54) is 27.8 Å². The Kier molecular flexibility index (Phi) is 7.53. The second-order valence-electron chi connectivity index (χ2n) is 13.8. The number of hydrogen-bond acceptors (Lipinski definition) is 4. The summed E-state index contributed by atoms with van der Waals surface area (Å²) in [5, 5.41) is 14.9. The van der Waals surface area contributed by atoms with Crippen LogP contribution in [0.3, 0.4) is 0 Å². The van der Waals surface area contributed by atoms with Crippen LogP contribution in [0, 0.1) is 6.92 Å². The number of hydrogen-bond donors (Lipinski definition) is 1. The smallest absolute Gasteiger partial charge is 0.178 e. The van der Waals surface area contributed by atoms with Crippen molar-refractivity contribution in [3.8, 4) is 34.1 Å². The van der Waals surface area contributed by atoms with Gasteiger partial charge in [0.2, 0.25) is 0 Å². The van der Waals surface area contributed by atoms with E-state index in [9.17, 15) is 5.11 Å². The van der Waals surface area contributed by atoms with Crippen molar-refractivity contribution >= 4 is 43.6 Å². The number of fused-ring (bicyclic) bond motifs is 10. The lowest BCUT2D eigenvalue weighted by Crippen LogP contribution is -2.35. The number of rotatable bonds is 7. The number of methoxy groups -OCH3 is 1. The third kappa shape index (κ3) is 4.77. The molecule has 246 valence electrons. The predicted molar refractivity (Wildman–Crippen MR) is 203 cm³/mol. The zero-order valence-electron chi connectivity index (χ0n) is 28.5. The normalized spacial score (nSPS) is 17.0. The topological polar surface area (TPSA) is 47.9 Å². The van der Waals surface area contributed by atoms with Crippen molar-refractivity contribution in [3.05, 3.63) is 135 Å². The summed E-state index contributed by atoms with van der Waals surface area (Å²) in [7, 11) is 1.68. The van der Waals surface area contributed by atoms with E-state index < -0.39 is 5.60 Å². The number of aromatic hydroxyl groups is 1. The van der Waals surface area contributed by atoms with Crippen LogP contribution in [0.25, 0.3) is 38.7 Å². The van der Waals surface area contributed by atoms with Crippen molar-refractivity contribution in [3.63, 3.8) is 0 Å². The molecule has 6 aromatic rings.